The Kier molecular flexibility index (Phi) is 5.23. The molecule has 10 nitrogen and oxygen atoms in total. The summed E-state index contributed by atoms with van der Waals surface area (Å²) in [7, 11) is 0. The summed E-state index contributed by atoms with van der Waals surface area (Å²) in [6.07, 6.45) is 7.45. The summed E-state index contributed by atoms with van der Waals surface area (Å²) >= 11 is 0. The summed E-state index contributed by atoms with van der Waals surface area (Å²) < 4.78 is 7.37. The quantitative estimate of drug-likeness (QED) is 0.382. The average molecular weight is 460 g/mol. The van der Waals surface area contributed by atoms with Gasteiger partial charge in [-0.3, -0.25) is 19.4 Å². The van der Waals surface area contributed by atoms with Crippen LogP contribution in [0.3, 0.4) is 0 Å². The van der Waals surface area contributed by atoms with Gasteiger partial charge in [-0.1, -0.05) is 18.2 Å². The number of anilines is 1. The van der Waals surface area contributed by atoms with E-state index in [1.165, 1.54) is 5.56 Å². The number of morpholine rings is 1. The highest BCUT2D eigenvalue weighted by Crippen LogP contribution is 2.29. The van der Waals surface area contributed by atoms with Crippen molar-refractivity contribution < 1.29 is 14.3 Å². The zero-order valence-corrected chi connectivity index (χ0v) is 18.6. The van der Waals surface area contributed by atoms with Crippen LogP contribution in [0.5, 0.6) is 0 Å². The molecular formula is C24H25N7O3. The number of imide groups is 1. The number of nitrogens with zero attached hydrogens (tertiary/aromatic N) is 4. The molecule has 3 N–H and O–H groups in total. The van der Waals surface area contributed by atoms with Crippen LogP contribution in [0.15, 0.2) is 42.4 Å². The number of carbonyl (C=O) groups excluding carboxylic acids is 2. The number of imidazole rings is 1. The van der Waals surface area contributed by atoms with Gasteiger partial charge in [-0.25, -0.2) is 14.8 Å². The van der Waals surface area contributed by atoms with Crippen molar-refractivity contribution in [1.29, 1.82) is 0 Å². The fourth-order valence-electron chi connectivity index (χ4n) is 4.25. The second kappa shape index (κ2) is 8.54. The number of aromatic nitrogens is 3. The van der Waals surface area contributed by atoms with Crippen molar-refractivity contribution in [2.24, 2.45) is 0 Å². The van der Waals surface area contributed by atoms with E-state index in [2.05, 4.69) is 50.1 Å². The van der Waals surface area contributed by atoms with E-state index >= 15 is 0 Å². The van der Waals surface area contributed by atoms with Crippen molar-refractivity contribution in [1.82, 2.24) is 29.9 Å². The third-order valence-electron chi connectivity index (χ3n) is 6.18. The average Bonchev–Trinajstić information content (AvgIpc) is 3.48. The first kappa shape index (κ1) is 20.8. The van der Waals surface area contributed by atoms with Gasteiger partial charge in [0.2, 0.25) is 0 Å². The third-order valence-corrected chi connectivity index (χ3v) is 6.18. The standard InChI is InChI=1S/C24H25N7O3/c32-23-19(28-24(33)29-23)11-18-12-25-22-21(26-17-4-5-17)27-20(14-31(18)22)16-3-1-2-15(10-16)13-30-6-8-34-9-7-30/h1-3,10-12,14,17H,4-9,13H2,(H,26,27)(H2,28,29,32,33). The number of rotatable bonds is 6. The number of fused-ring (bicyclic) bond motifs is 1. The van der Waals surface area contributed by atoms with Gasteiger partial charge < -0.3 is 15.4 Å². The van der Waals surface area contributed by atoms with Crippen molar-refractivity contribution in [2.45, 2.75) is 25.4 Å². The lowest BCUT2D eigenvalue weighted by Gasteiger charge is -2.26. The van der Waals surface area contributed by atoms with Crippen LogP contribution in [0.25, 0.3) is 23.0 Å². The van der Waals surface area contributed by atoms with E-state index in [4.69, 9.17) is 9.72 Å². The second-order valence-corrected chi connectivity index (χ2v) is 8.83. The molecule has 1 aromatic carbocycles. The number of hydrogen-bond acceptors (Lipinski definition) is 7. The second-order valence-electron chi connectivity index (χ2n) is 8.83. The molecular weight excluding hydrogens is 434 g/mol. The van der Waals surface area contributed by atoms with E-state index in [0.717, 1.165) is 56.9 Å². The highest BCUT2D eigenvalue weighted by atomic mass is 16.5. The number of urea groups is 1. The summed E-state index contributed by atoms with van der Waals surface area (Å²) in [6.45, 7) is 4.27. The molecule has 3 fully saturated rings. The molecule has 4 heterocycles. The molecule has 0 spiro atoms. The largest absolute Gasteiger partial charge is 0.379 e. The number of hydrogen-bond donors (Lipinski definition) is 3. The lowest BCUT2D eigenvalue weighted by molar-refractivity contribution is -0.115. The van der Waals surface area contributed by atoms with Crippen LogP contribution in [0.2, 0.25) is 0 Å². The Morgan fingerprint density at radius 3 is 2.79 bits per heavy atom. The van der Waals surface area contributed by atoms with E-state index in [0.29, 0.717) is 23.2 Å². The molecule has 1 saturated carbocycles. The Morgan fingerprint density at radius 1 is 1.18 bits per heavy atom. The third kappa shape index (κ3) is 4.25. The zero-order chi connectivity index (χ0) is 23.1. The van der Waals surface area contributed by atoms with Crippen LogP contribution in [-0.2, 0) is 16.1 Å². The van der Waals surface area contributed by atoms with Gasteiger partial charge in [0.05, 0.1) is 30.8 Å². The van der Waals surface area contributed by atoms with E-state index in [-0.39, 0.29) is 5.70 Å². The molecule has 34 heavy (non-hydrogen) atoms. The molecule has 174 valence electrons. The monoisotopic (exact) mass is 459 g/mol. The van der Waals surface area contributed by atoms with Gasteiger partial charge in [-0.2, -0.15) is 0 Å². The van der Waals surface area contributed by atoms with Crippen LogP contribution in [0, 0.1) is 0 Å². The molecule has 3 aromatic rings. The molecule has 1 aliphatic carbocycles. The Labute approximate surface area is 196 Å². The summed E-state index contributed by atoms with van der Waals surface area (Å²) in [5.74, 6) is 0.254. The molecule has 3 aliphatic rings. The van der Waals surface area contributed by atoms with E-state index < -0.39 is 11.9 Å². The van der Waals surface area contributed by atoms with Crippen LogP contribution in [-0.4, -0.2) is 63.6 Å². The molecule has 10 heteroatoms. The van der Waals surface area contributed by atoms with Crippen LogP contribution >= 0.6 is 0 Å². The van der Waals surface area contributed by atoms with Crippen molar-refractivity contribution >= 4 is 29.5 Å². The number of amides is 3. The first-order valence-electron chi connectivity index (χ1n) is 11.5. The molecule has 2 aliphatic heterocycles. The van der Waals surface area contributed by atoms with E-state index in [1.54, 1.807) is 12.3 Å². The predicted octanol–water partition coefficient (Wildman–Crippen LogP) is 1.98. The fraction of sp³-hybridized carbons (Fsp3) is 0.333. The summed E-state index contributed by atoms with van der Waals surface area (Å²) in [6, 6.07) is 8.29. The highest BCUT2D eigenvalue weighted by Gasteiger charge is 2.25. The molecule has 0 unspecified atom stereocenters. The van der Waals surface area contributed by atoms with Gasteiger partial charge >= 0.3 is 6.03 Å². The van der Waals surface area contributed by atoms with Crippen LogP contribution in [0.1, 0.15) is 24.1 Å². The fourth-order valence-corrected chi connectivity index (χ4v) is 4.25. The van der Waals surface area contributed by atoms with Gasteiger partial charge in [-0.05, 0) is 30.5 Å². The van der Waals surface area contributed by atoms with Crippen molar-refractivity contribution in [2.75, 3.05) is 31.6 Å². The Hall–Kier alpha value is -3.76. The van der Waals surface area contributed by atoms with Crippen molar-refractivity contribution in [3.8, 4) is 11.3 Å². The van der Waals surface area contributed by atoms with E-state index in [1.807, 2.05) is 10.6 Å². The van der Waals surface area contributed by atoms with Crippen LogP contribution in [0.4, 0.5) is 10.6 Å². The first-order valence-corrected chi connectivity index (χ1v) is 11.5. The maximum atomic E-state index is 12.0. The molecule has 2 saturated heterocycles. The summed E-state index contributed by atoms with van der Waals surface area (Å²) in [5, 5.41) is 8.24. The van der Waals surface area contributed by atoms with Gasteiger partial charge in [0.25, 0.3) is 5.91 Å². The minimum absolute atomic E-state index is 0.189. The van der Waals surface area contributed by atoms with Crippen molar-refractivity contribution in [3.05, 3.63) is 53.6 Å². The van der Waals surface area contributed by atoms with E-state index in [9.17, 15) is 9.59 Å². The molecule has 2 aromatic heterocycles. The molecule has 3 amide bonds. The van der Waals surface area contributed by atoms with Gasteiger partial charge in [0.1, 0.15) is 5.70 Å². The molecule has 0 radical (unpaired) electrons. The van der Waals surface area contributed by atoms with Crippen molar-refractivity contribution in [3.63, 3.8) is 0 Å². The van der Waals surface area contributed by atoms with Gasteiger partial charge in [-0.15, -0.1) is 0 Å². The molecule has 0 atom stereocenters. The van der Waals surface area contributed by atoms with Gasteiger partial charge in [0.15, 0.2) is 11.5 Å². The Balaban J connectivity index is 1.38. The smallest absolute Gasteiger partial charge is 0.326 e. The maximum absolute atomic E-state index is 12.0. The first-order chi connectivity index (χ1) is 16.6. The highest BCUT2D eigenvalue weighted by molar-refractivity contribution is 6.13. The normalized spacial score (nSPS) is 20.1. The van der Waals surface area contributed by atoms with Crippen LogP contribution < -0.4 is 16.0 Å². The summed E-state index contributed by atoms with van der Waals surface area (Å²) in [5.41, 5.74) is 4.57. The number of nitrogens with one attached hydrogen (secondary N) is 3. The number of carbonyl (C=O) groups is 2. The Morgan fingerprint density at radius 2 is 2.03 bits per heavy atom. The zero-order valence-electron chi connectivity index (χ0n) is 18.6. The SMILES string of the molecule is O=C1NC(=O)C(=Cc2cnc3c(NC4CC4)nc(-c4cccc(CN5CCOCC5)c4)cn23)N1. The minimum atomic E-state index is -0.527. The Bertz CT molecular complexity index is 1310. The topological polar surface area (TPSA) is 113 Å². The number of benzene rings is 1. The molecule has 0 bridgehead atoms. The predicted molar refractivity (Wildman–Crippen MR) is 126 cm³/mol. The lowest BCUT2D eigenvalue weighted by atomic mass is 10.1. The summed E-state index contributed by atoms with van der Waals surface area (Å²) in [4.78, 5) is 35.4. The molecule has 6 rings (SSSR count). The maximum Gasteiger partial charge on any atom is 0.326 e. The lowest BCUT2D eigenvalue weighted by Crippen LogP contribution is -2.35. The minimum Gasteiger partial charge on any atom is -0.379 e. The number of ether oxygens (including phenoxy) is 1. The van der Waals surface area contributed by atoms with Gasteiger partial charge in [0, 0.05) is 37.4 Å².